The van der Waals surface area contributed by atoms with Gasteiger partial charge in [0.15, 0.2) is 12.3 Å². The molecule has 0 amide bonds. The second-order valence-electron chi connectivity index (χ2n) is 5.28. The van der Waals surface area contributed by atoms with Crippen LogP contribution < -0.4 is 0 Å². The van der Waals surface area contributed by atoms with E-state index in [0.717, 1.165) is 18.2 Å². The van der Waals surface area contributed by atoms with Gasteiger partial charge < -0.3 is 9.67 Å². The van der Waals surface area contributed by atoms with Crippen LogP contribution in [0.25, 0.3) is 5.69 Å². The van der Waals surface area contributed by atoms with E-state index in [-0.39, 0.29) is 5.69 Å². The SMILES string of the molecule is N#Cc1cc(-n2cc(C(F)(F)F)c3c2[C@@H](F)[C@H](F)[C@H]3O)ccc1F. The zero-order valence-electron chi connectivity index (χ0n) is 11.7. The summed E-state index contributed by atoms with van der Waals surface area (Å²) < 4.78 is 81.2. The highest BCUT2D eigenvalue weighted by molar-refractivity contribution is 5.51. The maximum atomic E-state index is 14.1. The smallest absolute Gasteiger partial charge is 0.385 e. The van der Waals surface area contributed by atoms with Gasteiger partial charge in [-0.05, 0) is 18.2 Å². The van der Waals surface area contributed by atoms with Gasteiger partial charge in [-0.3, -0.25) is 0 Å². The van der Waals surface area contributed by atoms with Crippen LogP contribution >= 0.6 is 0 Å². The van der Waals surface area contributed by atoms with E-state index in [1.165, 1.54) is 6.07 Å². The number of nitrogens with zero attached hydrogens (tertiary/aromatic N) is 2. The van der Waals surface area contributed by atoms with Crippen LogP contribution in [-0.2, 0) is 6.18 Å². The Hall–Kier alpha value is -2.47. The van der Waals surface area contributed by atoms with Crippen molar-refractivity contribution in [1.29, 1.82) is 5.26 Å². The third kappa shape index (κ3) is 2.26. The van der Waals surface area contributed by atoms with Crippen LogP contribution in [-0.4, -0.2) is 15.8 Å². The number of aromatic nitrogens is 1. The Balaban J connectivity index is 2.28. The summed E-state index contributed by atoms with van der Waals surface area (Å²) in [4.78, 5) is 0. The minimum atomic E-state index is -4.95. The average molecular weight is 346 g/mol. The van der Waals surface area contributed by atoms with Gasteiger partial charge in [-0.25, -0.2) is 13.2 Å². The van der Waals surface area contributed by atoms with Crippen LogP contribution in [0.2, 0.25) is 0 Å². The Kier molecular flexibility index (Phi) is 3.60. The van der Waals surface area contributed by atoms with Crippen LogP contribution in [0.15, 0.2) is 24.4 Å². The van der Waals surface area contributed by atoms with Gasteiger partial charge in [0, 0.05) is 17.4 Å². The van der Waals surface area contributed by atoms with Gasteiger partial charge >= 0.3 is 6.18 Å². The molecule has 3 rings (SSSR count). The number of aliphatic hydroxyl groups excluding tert-OH is 1. The predicted octanol–water partition coefficient (Wildman–Crippen LogP) is 3.90. The molecule has 1 N–H and O–H groups in total. The molecule has 1 aliphatic carbocycles. The number of benzene rings is 1. The minimum absolute atomic E-state index is 0.149. The van der Waals surface area contributed by atoms with E-state index in [1.54, 1.807) is 0 Å². The predicted molar refractivity (Wildman–Crippen MR) is 69.1 cm³/mol. The summed E-state index contributed by atoms with van der Waals surface area (Å²) in [6, 6.07) is 4.29. The van der Waals surface area contributed by atoms with Crippen molar-refractivity contribution >= 4 is 0 Å². The average Bonchev–Trinajstić information content (AvgIpc) is 3.01. The lowest BCUT2D eigenvalue weighted by atomic mass is 10.1. The number of halogens is 6. The number of aliphatic hydroxyl groups is 1. The molecule has 24 heavy (non-hydrogen) atoms. The molecule has 0 radical (unpaired) electrons. The standard InChI is InChI=1S/C15H8F6N2O/c16-9-2-1-7(3-6(9)4-22)23-5-8(15(19,20)21)10-13(23)11(17)12(18)14(10)24/h1-3,5,11-12,14,24H/t11-,12-,14-/m0/s1. The van der Waals surface area contributed by atoms with Gasteiger partial charge in [0.1, 0.15) is 18.0 Å². The molecule has 126 valence electrons. The molecule has 0 spiro atoms. The molecule has 9 heteroatoms. The highest BCUT2D eigenvalue weighted by atomic mass is 19.4. The highest BCUT2D eigenvalue weighted by Crippen LogP contribution is 2.50. The van der Waals surface area contributed by atoms with E-state index in [4.69, 9.17) is 5.26 Å². The minimum Gasteiger partial charge on any atom is -0.385 e. The summed E-state index contributed by atoms with van der Waals surface area (Å²) in [5, 5.41) is 18.4. The Morgan fingerprint density at radius 1 is 1.21 bits per heavy atom. The number of rotatable bonds is 1. The summed E-state index contributed by atoms with van der Waals surface area (Å²) >= 11 is 0. The molecule has 1 heterocycles. The molecule has 0 aliphatic heterocycles. The van der Waals surface area contributed by atoms with Crippen LogP contribution in [0.5, 0.6) is 0 Å². The van der Waals surface area contributed by atoms with Gasteiger partial charge in [-0.2, -0.15) is 18.4 Å². The molecule has 1 aromatic heterocycles. The normalized spacial score (nSPS) is 23.2. The molecule has 1 aromatic carbocycles. The highest BCUT2D eigenvalue weighted by Gasteiger charge is 2.50. The van der Waals surface area contributed by atoms with Gasteiger partial charge in [-0.15, -0.1) is 0 Å². The molecule has 3 nitrogen and oxygen atoms in total. The topological polar surface area (TPSA) is 49.0 Å². The lowest BCUT2D eigenvalue weighted by Crippen LogP contribution is -2.15. The quantitative estimate of drug-likeness (QED) is 0.796. The first-order chi connectivity index (χ1) is 11.2. The van der Waals surface area contributed by atoms with Gasteiger partial charge in [0.05, 0.1) is 16.8 Å². The molecule has 0 bridgehead atoms. The molecular formula is C15H8F6N2O. The molecule has 0 fully saturated rings. The Labute approximate surface area is 131 Å². The third-order valence-corrected chi connectivity index (χ3v) is 3.88. The Morgan fingerprint density at radius 2 is 1.88 bits per heavy atom. The van der Waals surface area contributed by atoms with Crippen molar-refractivity contribution in [3.63, 3.8) is 0 Å². The zero-order chi connectivity index (χ0) is 17.8. The van der Waals surface area contributed by atoms with Crippen LogP contribution in [0.1, 0.15) is 34.7 Å². The monoisotopic (exact) mass is 346 g/mol. The molecule has 2 aromatic rings. The lowest BCUT2D eigenvalue weighted by molar-refractivity contribution is -0.139. The Morgan fingerprint density at radius 3 is 2.46 bits per heavy atom. The number of nitriles is 1. The summed E-state index contributed by atoms with van der Waals surface area (Å²) in [6.45, 7) is 0. The first-order valence-electron chi connectivity index (χ1n) is 6.65. The van der Waals surface area contributed by atoms with Crippen molar-refractivity contribution < 1.29 is 31.4 Å². The molecular weight excluding hydrogens is 338 g/mol. The third-order valence-electron chi connectivity index (χ3n) is 3.88. The van der Waals surface area contributed by atoms with E-state index in [1.807, 2.05) is 0 Å². The maximum Gasteiger partial charge on any atom is 0.418 e. The van der Waals surface area contributed by atoms with Crippen LogP contribution in [0.3, 0.4) is 0 Å². The first-order valence-corrected chi connectivity index (χ1v) is 6.65. The largest absolute Gasteiger partial charge is 0.418 e. The van der Waals surface area contributed by atoms with Gasteiger partial charge in [-0.1, -0.05) is 0 Å². The van der Waals surface area contributed by atoms with Gasteiger partial charge in [0.25, 0.3) is 0 Å². The van der Waals surface area contributed by atoms with Crippen molar-refractivity contribution in [3.8, 4) is 11.8 Å². The summed E-state index contributed by atoms with van der Waals surface area (Å²) in [6.07, 6.45) is -11.7. The van der Waals surface area contributed by atoms with Crippen molar-refractivity contribution in [2.45, 2.75) is 24.6 Å². The molecule has 1 aliphatic rings. The maximum absolute atomic E-state index is 14.1. The molecule has 0 saturated carbocycles. The fourth-order valence-corrected chi connectivity index (χ4v) is 2.79. The summed E-state index contributed by atoms with van der Waals surface area (Å²) in [5.74, 6) is -0.902. The molecule has 0 unspecified atom stereocenters. The number of hydrogen-bond donors (Lipinski definition) is 1. The summed E-state index contributed by atoms with van der Waals surface area (Å²) in [7, 11) is 0. The van der Waals surface area contributed by atoms with E-state index >= 15 is 0 Å². The van der Waals surface area contributed by atoms with Crippen molar-refractivity contribution in [2.24, 2.45) is 0 Å². The van der Waals surface area contributed by atoms with E-state index in [9.17, 15) is 31.4 Å². The summed E-state index contributed by atoms with van der Waals surface area (Å²) in [5.41, 5.74) is -3.57. The molecule has 3 atom stereocenters. The van der Waals surface area contributed by atoms with Crippen molar-refractivity contribution in [1.82, 2.24) is 4.57 Å². The van der Waals surface area contributed by atoms with E-state index in [2.05, 4.69) is 0 Å². The van der Waals surface area contributed by atoms with E-state index < -0.39 is 52.8 Å². The number of alkyl halides is 5. The van der Waals surface area contributed by atoms with E-state index in [0.29, 0.717) is 10.8 Å². The second kappa shape index (κ2) is 5.27. The zero-order valence-corrected chi connectivity index (χ0v) is 11.7. The second-order valence-corrected chi connectivity index (χ2v) is 5.28. The molecule has 0 saturated heterocycles. The number of hydrogen-bond acceptors (Lipinski definition) is 2. The fourth-order valence-electron chi connectivity index (χ4n) is 2.79. The first kappa shape index (κ1) is 16.4. The van der Waals surface area contributed by atoms with Crippen molar-refractivity contribution in [2.75, 3.05) is 0 Å². The van der Waals surface area contributed by atoms with Crippen LogP contribution in [0, 0.1) is 17.1 Å². The lowest BCUT2D eigenvalue weighted by Gasteiger charge is -2.13. The Bertz CT molecular complexity index is 851. The van der Waals surface area contributed by atoms with Gasteiger partial charge in [0.2, 0.25) is 0 Å². The number of fused-ring (bicyclic) bond motifs is 1. The van der Waals surface area contributed by atoms with Crippen molar-refractivity contribution in [3.05, 3.63) is 52.6 Å². The fraction of sp³-hybridized carbons (Fsp3) is 0.267. The van der Waals surface area contributed by atoms with Crippen LogP contribution in [0.4, 0.5) is 26.3 Å².